The van der Waals surface area contributed by atoms with E-state index in [2.05, 4.69) is 35.8 Å². The van der Waals surface area contributed by atoms with E-state index < -0.39 is 0 Å². The number of ether oxygens (including phenoxy) is 1. The summed E-state index contributed by atoms with van der Waals surface area (Å²) in [6.07, 6.45) is 4.96. The van der Waals surface area contributed by atoms with E-state index >= 15 is 0 Å². The monoisotopic (exact) mass is 260 g/mol. The average Bonchev–Trinajstić information content (AvgIpc) is 3.23. The Kier molecular flexibility index (Phi) is 3.40. The van der Waals surface area contributed by atoms with Gasteiger partial charge in [0.05, 0.1) is 7.11 Å². The first-order valence-corrected chi connectivity index (χ1v) is 7.37. The molecular weight excluding hydrogens is 236 g/mol. The summed E-state index contributed by atoms with van der Waals surface area (Å²) in [6, 6.07) is 6.62. The Hall–Kier alpha value is -1.22. The molecule has 0 amide bonds. The summed E-state index contributed by atoms with van der Waals surface area (Å²) >= 11 is 0. The quantitative estimate of drug-likeness (QED) is 0.872. The van der Waals surface area contributed by atoms with Gasteiger partial charge in [-0.25, -0.2) is 0 Å². The van der Waals surface area contributed by atoms with E-state index in [0.29, 0.717) is 0 Å². The molecule has 104 valence electrons. The van der Waals surface area contributed by atoms with Crippen LogP contribution in [-0.2, 0) is 0 Å². The van der Waals surface area contributed by atoms with Gasteiger partial charge in [-0.15, -0.1) is 0 Å². The molecule has 1 aliphatic heterocycles. The number of rotatable bonds is 4. The fourth-order valence-electron chi connectivity index (χ4n) is 2.97. The summed E-state index contributed by atoms with van der Waals surface area (Å²) in [7, 11) is 1.78. The Bertz CT molecular complexity index is 448. The zero-order valence-electron chi connectivity index (χ0n) is 12.0. The van der Waals surface area contributed by atoms with E-state index in [4.69, 9.17) is 4.74 Å². The van der Waals surface area contributed by atoms with Gasteiger partial charge >= 0.3 is 0 Å². The molecule has 19 heavy (non-hydrogen) atoms. The van der Waals surface area contributed by atoms with Crippen molar-refractivity contribution in [2.45, 2.75) is 44.1 Å². The maximum atomic E-state index is 5.56. The maximum absolute atomic E-state index is 5.56. The van der Waals surface area contributed by atoms with Gasteiger partial charge < -0.3 is 15.4 Å². The standard InChI is InChI=1S/C16H24N2O/c1-16(7-9-17-10-8-16)18-13-5-6-14(12-3-4-12)15(11-13)19-2/h5-6,11-12,17-18H,3-4,7-10H2,1-2H3. The molecule has 1 aromatic rings. The predicted octanol–water partition coefficient (Wildman–Crippen LogP) is 3.13. The lowest BCUT2D eigenvalue weighted by molar-refractivity contribution is 0.364. The van der Waals surface area contributed by atoms with Gasteiger partial charge in [-0.05, 0) is 63.2 Å². The summed E-state index contributed by atoms with van der Waals surface area (Å²) in [5.41, 5.74) is 2.77. The van der Waals surface area contributed by atoms with E-state index in [-0.39, 0.29) is 5.54 Å². The lowest BCUT2D eigenvalue weighted by Crippen LogP contribution is -2.45. The van der Waals surface area contributed by atoms with E-state index in [1.165, 1.54) is 36.9 Å². The van der Waals surface area contributed by atoms with Crippen molar-refractivity contribution in [1.82, 2.24) is 5.32 Å². The highest BCUT2D eigenvalue weighted by molar-refractivity contribution is 5.54. The molecule has 3 heteroatoms. The average molecular weight is 260 g/mol. The lowest BCUT2D eigenvalue weighted by atomic mass is 9.90. The predicted molar refractivity (Wildman–Crippen MR) is 79.1 cm³/mol. The van der Waals surface area contributed by atoms with Gasteiger partial charge in [0, 0.05) is 17.3 Å². The van der Waals surface area contributed by atoms with Crippen LogP contribution < -0.4 is 15.4 Å². The molecule has 0 unspecified atom stereocenters. The summed E-state index contributed by atoms with van der Waals surface area (Å²) in [5, 5.41) is 7.11. The van der Waals surface area contributed by atoms with Crippen LogP contribution in [0.15, 0.2) is 18.2 Å². The third kappa shape index (κ3) is 2.86. The van der Waals surface area contributed by atoms with Crippen molar-refractivity contribution in [3.8, 4) is 5.75 Å². The number of piperidine rings is 1. The van der Waals surface area contributed by atoms with Gasteiger partial charge in [-0.2, -0.15) is 0 Å². The molecule has 1 aromatic carbocycles. The van der Waals surface area contributed by atoms with Crippen LogP contribution in [-0.4, -0.2) is 25.7 Å². The molecule has 0 radical (unpaired) electrons. The number of benzene rings is 1. The molecule has 3 rings (SSSR count). The molecule has 2 N–H and O–H groups in total. The summed E-state index contributed by atoms with van der Waals surface area (Å²) in [5.74, 6) is 1.78. The first-order chi connectivity index (χ1) is 9.20. The highest BCUT2D eigenvalue weighted by atomic mass is 16.5. The SMILES string of the molecule is COc1cc(NC2(C)CCNCC2)ccc1C1CC1. The molecule has 2 aliphatic rings. The largest absolute Gasteiger partial charge is 0.496 e. The highest BCUT2D eigenvalue weighted by Crippen LogP contribution is 2.45. The van der Waals surface area contributed by atoms with Gasteiger partial charge in [0.15, 0.2) is 0 Å². The Labute approximate surface area is 115 Å². The van der Waals surface area contributed by atoms with Crippen molar-refractivity contribution in [3.05, 3.63) is 23.8 Å². The Morgan fingerprint density at radius 2 is 2.00 bits per heavy atom. The molecule has 0 spiro atoms. The van der Waals surface area contributed by atoms with Crippen molar-refractivity contribution in [2.24, 2.45) is 0 Å². The highest BCUT2D eigenvalue weighted by Gasteiger charge is 2.29. The number of hydrogen-bond acceptors (Lipinski definition) is 3. The van der Waals surface area contributed by atoms with Crippen molar-refractivity contribution in [2.75, 3.05) is 25.5 Å². The van der Waals surface area contributed by atoms with Crippen LogP contribution in [0.5, 0.6) is 5.75 Å². The molecule has 1 aliphatic carbocycles. The number of hydrogen-bond donors (Lipinski definition) is 2. The van der Waals surface area contributed by atoms with Crippen molar-refractivity contribution in [1.29, 1.82) is 0 Å². The Balaban J connectivity index is 1.77. The van der Waals surface area contributed by atoms with E-state index in [1.807, 2.05) is 0 Å². The Morgan fingerprint density at radius 3 is 2.63 bits per heavy atom. The summed E-state index contributed by atoms with van der Waals surface area (Å²) in [4.78, 5) is 0. The van der Waals surface area contributed by atoms with Gasteiger partial charge in [0.1, 0.15) is 5.75 Å². The molecule has 0 atom stereocenters. The molecule has 0 bridgehead atoms. The second kappa shape index (κ2) is 5.04. The third-order valence-corrected chi connectivity index (χ3v) is 4.40. The number of nitrogens with one attached hydrogen (secondary N) is 2. The molecule has 1 saturated heterocycles. The number of methoxy groups -OCH3 is 1. The van der Waals surface area contributed by atoms with Crippen LogP contribution in [0.4, 0.5) is 5.69 Å². The zero-order chi connectivity index (χ0) is 13.3. The van der Waals surface area contributed by atoms with Gasteiger partial charge in [0.2, 0.25) is 0 Å². The second-order valence-corrected chi connectivity index (χ2v) is 6.17. The van der Waals surface area contributed by atoms with Crippen LogP contribution >= 0.6 is 0 Å². The first-order valence-electron chi connectivity index (χ1n) is 7.37. The molecular formula is C16H24N2O. The molecule has 1 saturated carbocycles. The lowest BCUT2D eigenvalue weighted by Gasteiger charge is -2.36. The minimum absolute atomic E-state index is 0.206. The van der Waals surface area contributed by atoms with Crippen LogP contribution in [0, 0.1) is 0 Å². The third-order valence-electron chi connectivity index (χ3n) is 4.40. The summed E-state index contributed by atoms with van der Waals surface area (Å²) < 4.78 is 5.56. The van der Waals surface area contributed by atoms with Gasteiger partial charge in [-0.3, -0.25) is 0 Å². The molecule has 1 heterocycles. The van der Waals surface area contributed by atoms with E-state index in [1.54, 1.807) is 7.11 Å². The van der Waals surface area contributed by atoms with Crippen molar-refractivity contribution in [3.63, 3.8) is 0 Å². The van der Waals surface area contributed by atoms with Gasteiger partial charge in [-0.1, -0.05) is 6.07 Å². The van der Waals surface area contributed by atoms with Crippen LogP contribution in [0.1, 0.15) is 44.1 Å². The fourth-order valence-corrected chi connectivity index (χ4v) is 2.97. The minimum atomic E-state index is 0.206. The molecule has 2 fully saturated rings. The second-order valence-electron chi connectivity index (χ2n) is 6.17. The first kappa shape index (κ1) is 12.8. The van der Waals surface area contributed by atoms with Crippen molar-refractivity contribution >= 4 is 5.69 Å². The zero-order valence-corrected chi connectivity index (χ0v) is 12.0. The van der Waals surface area contributed by atoms with Crippen LogP contribution in [0.2, 0.25) is 0 Å². The molecule has 3 nitrogen and oxygen atoms in total. The normalized spacial score (nSPS) is 22.0. The topological polar surface area (TPSA) is 33.3 Å². The maximum Gasteiger partial charge on any atom is 0.124 e. The minimum Gasteiger partial charge on any atom is -0.496 e. The smallest absolute Gasteiger partial charge is 0.124 e. The van der Waals surface area contributed by atoms with Crippen LogP contribution in [0.3, 0.4) is 0 Å². The van der Waals surface area contributed by atoms with E-state index in [9.17, 15) is 0 Å². The van der Waals surface area contributed by atoms with Crippen molar-refractivity contribution < 1.29 is 4.74 Å². The summed E-state index contributed by atoms with van der Waals surface area (Å²) in [6.45, 7) is 4.51. The number of anilines is 1. The Morgan fingerprint density at radius 1 is 1.26 bits per heavy atom. The molecule has 0 aromatic heterocycles. The van der Waals surface area contributed by atoms with Gasteiger partial charge in [0.25, 0.3) is 0 Å². The van der Waals surface area contributed by atoms with E-state index in [0.717, 1.165) is 24.8 Å². The fraction of sp³-hybridized carbons (Fsp3) is 0.625. The van der Waals surface area contributed by atoms with Crippen LogP contribution in [0.25, 0.3) is 0 Å².